The highest BCUT2D eigenvalue weighted by atomic mass is 32.2. The summed E-state index contributed by atoms with van der Waals surface area (Å²) >= 11 is 0. The van der Waals surface area contributed by atoms with Crippen molar-refractivity contribution in [2.24, 2.45) is 0 Å². The molecule has 0 aliphatic heterocycles. The standard InChI is InChI=1S/C14H15NO5S/c1-19-13(16)10-15-14(12-8-5-9-20-12)21(17,18)11-6-3-2-4-7-11/h2-9,14-15H,10H2,1H3. The minimum Gasteiger partial charge on any atom is -0.468 e. The van der Waals surface area contributed by atoms with Gasteiger partial charge in [-0.3, -0.25) is 10.1 Å². The highest BCUT2D eigenvalue weighted by molar-refractivity contribution is 7.91. The van der Waals surface area contributed by atoms with Crippen molar-refractivity contribution in [2.75, 3.05) is 13.7 Å². The fourth-order valence-electron chi connectivity index (χ4n) is 1.80. The number of furan rings is 1. The smallest absolute Gasteiger partial charge is 0.319 e. The highest BCUT2D eigenvalue weighted by Gasteiger charge is 2.31. The van der Waals surface area contributed by atoms with Gasteiger partial charge in [0.15, 0.2) is 5.37 Å². The van der Waals surface area contributed by atoms with E-state index in [1.54, 1.807) is 24.3 Å². The molecule has 0 radical (unpaired) electrons. The largest absolute Gasteiger partial charge is 0.468 e. The van der Waals surface area contributed by atoms with E-state index in [4.69, 9.17) is 4.42 Å². The second kappa shape index (κ2) is 6.55. The van der Waals surface area contributed by atoms with Gasteiger partial charge in [-0.2, -0.15) is 0 Å². The second-order valence-corrected chi connectivity index (χ2v) is 6.24. The summed E-state index contributed by atoms with van der Waals surface area (Å²) in [6, 6.07) is 11.1. The third-order valence-corrected chi connectivity index (χ3v) is 4.79. The zero-order valence-corrected chi connectivity index (χ0v) is 12.2. The molecule has 1 unspecified atom stereocenters. The van der Waals surface area contributed by atoms with Crippen LogP contribution in [0.15, 0.2) is 58.0 Å². The molecule has 112 valence electrons. The zero-order valence-electron chi connectivity index (χ0n) is 11.4. The Labute approximate surface area is 122 Å². The van der Waals surface area contributed by atoms with Crippen LogP contribution < -0.4 is 5.32 Å². The summed E-state index contributed by atoms with van der Waals surface area (Å²) in [6.45, 7) is -0.242. The number of esters is 1. The van der Waals surface area contributed by atoms with Crippen molar-refractivity contribution in [3.8, 4) is 0 Å². The number of methoxy groups -OCH3 is 1. The average Bonchev–Trinajstić information content (AvgIpc) is 3.02. The summed E-state index contributed by atoms with van der Waals surface area (Å²) in [5, 5.41) is 1.50. The van der Waals surface area contributed by atoms with E-state index >= 15 is 0 Å². The van der Waals surface area contributed by atoms with E-state index < -0.39 is 21.2 Å². The summed E-state index contributed by atoms with van der Waals surface area (Å²) in [7, 11) is -2.51. The molecule has 1 aromatic heterocycles. The van der Waals surface area contributed by atoms with Crippen molar-refractivity contribution < 1.29 is 22.4 Å². The Morgan fingerprint density at radius 1 is 1.24 bits per heavy atom. The minimum absolute atomic E-state index is 0.142. The van der Waals surface area contributed by atoms with Gasteiger partial charge in [-0.05, 0) is 24.3 Å². The maximum absolute atomic E-state index is 12.7. The molecule has 0 fully saturated rings. The number of carbonyl (C=O) groups excluding carboxylic acids is 1. The van der Waals surface area contributed by atoms with Gasteiger partial charge >= 0.3 is 5.97 Å². The molecule has 1 N–H and O–H groups in total. The van der Waals surface area contributed by atoms with Crippen LogP contribution in [0.3, 0.4) is 0 Å². The fourth-order valence-corrected chi connectivity index (χ4v) is 3.35. The molecular formula is C14H15NO5S. The summed E-state index contributed by atoms with van der Waals surface area (Å²) < 4.78 is 35.0. The SMILES string of the molecule is COC(=O)CNC(c1ccco1)S(=O)(=O)c1ccccc1. The molecule has 2 rings (SSSR count). The van der Waals surface area contributed by atoms with Crippen molar-refractivity contribution in [2.45, 2.75) is 10.3 Å². The predicted molar refractivity (Wildman–Crippen MR) is 75.1 cm³/mol. The molecule has 21 heavy (non-hydrogen) atoms. The monoisotopic (exact) mass is 309 g/mol. The van der Waals surface area contributed by atoms with Crippen molar-refractivity contribution >= 4 is 15.8 Å². The maximum Gasteiger partial charge on any atom is 0.319 e. The molecule has 0 spiro atoms. The lowest BCUT2D eigenvalue weighted by Gasteiger charge is -2.16. The van der Waals surface area contributed by atoms with Crippen LogP contribution in [0.25, 0.3) is 0 Å². The molecule has 0 saturated carbocycles. The number of hydrogen-bond donors (Lipinski definition) is 1. The number of benzene rings is 1. The van der Waals surface area contributed by atoms with Crippen LogP contribution in [0, 0.1) is 0 Å². The summed E-state index contributed by atoms with van der Waals surface area (Å²) in [4.78, 5) is 11.4. The lowest BCUT2D eigenvalue weighted by molar-refractivity contribution is -0.139. The predicted octanol–water partition coefficient (Wildman–Crippen LogP) is 1.51. The molecule has 6 nitrogen and oxygen atoms in total. The van der Waals surface area contributed by atoms with Crippen molar-refractivity contribution in [3.63, 3.8) is 0 Å². The van der Waals surface area contributed by atoms with Crippen LogP contribution in [0.2, 0.25) is 0 Å². The molecule has 1 heterocycles. The summed E-state index contributed by atoms with van der Waals surface area (Å²) in [6.07, 6.45) is 1.38. The van der Waals surface area contributed by atoms with Crippen LogP contribution in [0.4, 0.5) is 0 Å². The summed E-state index contributed by atoms with van der Waals surface area (Å²) in [5.74, 6) is -0.349. The van der Waals surface area contributed by atoms with Gasteiger partial charge in [0.25, 0.3) is 0 Å². The first kappa shape index (κ1) is 15.3. The first-order valence-electron chi connectivity index (χ1n) is 6.18. The van der Waals surface area contributed by atoms with Gasteiger partial charge in [0.1, 0.15) is 5.76 Å². The van der Waals surface area contributed by atoms with Gasteiger partial charge in [-0.15, -0.1) is 0 Å². The van der Waals surface area contributed by atoms with E-state index in [2.05, 4.69) is 10.1 Å². The first-order chi connectivity index (χ1) is 10.1. The number of sulfone groups is 1. The Bertz CT molecular complexity index is 679. The number of hydrogen-bond acceptors (Lipinski definition) is 6. The molecule has 7 heteroatoms. The van der Waals surface area contributed by atoms with Gasteiger partial charge in [-0.25, -0.2) is 8.42 Å². The third kappa shape index (κ3) is 3.50. The highest BCUT2D eigenvalue weighted by Crippen LogP contribution is 2.26. The quantitative estimate of drug-likeness (QED) is 0.814. The maximum atomic E-state index is 12.7. The Hall–Kier alpha value is -2.12. The molecule has 2 aromatic rings. The van der Waals surface area contributed by atoms with Crippen LogP contribution in [-0.2, 0) is 19.4 Å². The van der Waals surface area contributed by atoms with E-state index in [9.17, 15) is 13.2 Å². The van der Waals surface area contributed by atoms with Gasteiger partial charge in [0.05, 0.1) is 24.8 Å². The van der Waals surface area contributed by atoms with E-state index in [-0.39, 0.29) is 17.2 Å². The molecule has 0 bridgehead atoms. The van der Waals surface area contributed by atoms with Gasteiger partial charge < -0.3 is 9.15 Å². The molecule has 1 atom stereocenters. The number of rotatable bonds is 6. The molecule has 0 saturated heterocycles. The van der Waals surface area contributed by atoms with Crippen LogP contribution in [-0.4, -0.2) is 28.0 Å². The Balaban J connectivity index is 2.33. The molecule has 1 aromatic carbocycles. The number of carbonyl (C=O) groups is 1. The Morgan fingerprint density at radius 2 is 1.95 bits per heavy atom. The number of ether oxygens (including phenoxy) is 1. The lowest BCUT2D eigenvalue weighted by atomic mass is 10.4. The minimum atomic E-state index is -3.74. The second-order valence-electron chi connectivity index (χ2n) is 4.21. The first-order valence-corrected chi connectivity index (χ1v) is 7.73. The molecule has 0 aliphatic carbocycles. The van der Waals surface area contributed by atoms with Crippen LogP contribution in [0.1, 0.15) is 11.1 Å². The average molecular weight is 309 g/mol. The molecular weight excluding hydrogens is 294 g/mol. The van der Waals surface area contributed by atoms with Crippen LogP contribution >= 0.6 is 0 Å². The zero-order chi connectivity index (χ0) is 15.3. The topological polar surface area (TPSA) is 85.6 Å². The summed E-state index contributed by atoms with van der Waals surface area (Å²) in [5.41, 5.74) is 0. The van der Waals surface area contributed by atoms with E-state index in [1.807, 2.05) is 0 Å². The van der Waals surface area contributed by atoms with Crippen molar-refractivity contribution in [1.29, 1.82) is 0 Å². The van der Waals surface area contributed by atoms with Crippen LogP contribution in [0.5, 0.6) is 0 Å². The number of nitrogens with one attached hydrogen (secondary N) is 1. The molecule has 0 aliphatic rings. The lowest BCUT2D eigenvalue weighted by Crippen LogP contribution is -2.33. The van der Waals surface area contributed by atoms with E-state index in [1.165, 1.54) is 31.6 Å². The van der Waals surface area contributed by atoms with E-state index in [0.29, 0.717) is 0 Å². The Morgan fingerprint density at radius 3 is 2.52 bits per heavy atom. The van der Waals surface area contributed by atoms with Crippen molar-refractivity contribution in [3.05, 3.63) is 54.5 Å². The van der Waals surface area contributed by atoms with E-state index in [0.717, 1.165) is 0 Å². The van der Waals surface area contributed by atoms with Crippen molar-refractivity contribution in [1.82, 2.24) is 5.32 Å². The third-order valence-electron chi connectivity index (χ3n) is 2.84. The Kier molecular flexibility index (Phi) is 4.77. The normalized spacial score (nSPS) is 12.8. The van der Waals surface area contributed by atoms with Gasteiger partial charge in [0, 0.05) is 0 Å². The van der Waals surface area contributed by atoms with Gasteiger partial charge in [0.2, 0.25) is 9.84 Å². The van der Waals surface area contributed by atoms with Gasteiger partial charge in [-0.1, -0.05) is 18.2 Å². The fraction of sp³-hybridized carbons (Fsp3) is 0.214. The molecule has 0 amide bonds.